The molecular formula is C13H18BrN3S. The van der Waals surface area contributed by atoms with Gasteiger partial charge >= 0.3 is 0 Å². The summed E-state index contributed by atoms with van der Waals surface area (Å²) in [5.41, 5.74) is 1.02. The van der Waals surface area contributed by atoms with Crippen molar-refractivity contribution in [2.45, 2.75) is 18.9 Å². The van der Waals surface area contributed by atoms with Gasteiger partial charge in [-0.2, -0.15) is 0 Å². The average Bonchev–Trinajstić information content (AvgIpc) is 2.35. The lowest BCUT2D eigenvalue weighted by molar-refractivity contribution is 0.247. The van der Waals surface area contributed by atoms with Crippen LogP contribution in [-0.2, 0) is 0 Å². The smallest absolute Gasteiger partial charge is 0.170 e. The second-order valence-corrected chi connectivity index (χ2v) is 6.01. The minimum atomic E-state index is 0.497. The lowest BCUT2D eigenvalue weighted by atomic mass is 10.1. The molecule has 0 aromatic heterocycles. The highest BCUT2D eigenvalue weighted by atomic mass is 79.9. The Morgan fingerprint density at radius 3 is 2.50 bits per heavy atom. The van der Waals surface area contributed by atoms with Crippen molar-refractivity contribution in [3.05, 3.63) is 28.7 Å². The molecule has 0 radical (unpaired) electrons. The van der Waals surface area contributed by atoms with Gasteiger partial charge < -0.3 is 15.5 Å². The summed E-state index contributed by atoms with van der Waals surface area (Å²) in [5, 5.41) is 7.31. The van der Waals surface area contributed by atoms with Crippen LogP contribution in [0.3, 0.4) is 0 Å². The quantitative estimate of drug-likeness (QED) is 0.817. The maximum atomic E-state index is 5.33. The van der Waals surface area contributed by atoms with Crippen LogP contribution in [0.5, 0.6) is 0 Å². The number of rotatable bonds is 2. The van der Waals surface area contributed by atoms with Gasteiger partial charge in [0.1, 0.15) is 0 Å². The Hall–Kier alpha value is -0.650. The molecule has 0 bridgehead atoms. The van der Waals surface area contributed by atoms with Crippen LogP contribution in [0.25, 0.3) is 0 Å². The van der Waals surface area contributed by atoms with E-state index in [-0.39, 0.29) is 0 Å². The van der Waals surface area contributed by atoms with Crippen molar-refractivity contribution < 1.29 is 0 Å². The minimum absolute atomic E-state index is 0.497. The largest absolute Gasteiger partial charge is 0.360 e. The Labute approximate surface area is 122 Å². The summed E-state index contributed by atoms with van der Waals surface area (Å²) in [6, 6.07) is 8.51. The van der Waals surface area contributed by atoms with Crippen molar-refractivity contribution in [3.8, 4) is 0 Å². The number of likely N-dealkylation sites (tertiary alicyclic amines) is 1. The standard InChI is InChI=1S/C13H18BrN3S/c1-17-8-6-12(7-9-17)16-13(18)15-11-4-2-10(14)3-5-11/h2-5,12H,6-9H2,1H3,(H2,15,16,18). The summed E-state index contributed by atoms with van der Waals surface area (Å²) < 4.78 is 1.07. The molecule has 18 heavy (non-hydrogen) atoms. The maximum Gasteiger partial charge on any atom is 0.170 e. The number of piperidine rings is 1. The monoisotopic (exact) mass is 327 g/mol. The van der Waals surface area contributed by atoms with Gasteiger partial charge in [-0.3, -0.25) is 0 Å². The minimum Gasteiger partial charge on any atom is -0.360 e. The molecule has 0 unspecified atom stereocenters. The van der Waals surface area contributed by atoms with Gasteiger partial charge in [0, 0.05) is 16.2 Å². The fraction of sp³-hybridized carbons (Fsp3) is 0.462. The fourth-order valence-electron chi connectivity index (χ4n) is 2.04. The van der Waals surface area contributed by atoms with Gasteiger partial charge in [-0.25, -0.2) is 0 Å². The van der Waals surface area contributed by atoms with Crippen molar-refractivity contribution in [1.82, 2.24) is 10.2 Å². The number of hydrogen-bond acceptors (Lipinski definition) is 2. The molecule has 1 saturated heterocycles. The van der Waals surface area contributed by atoms with E-state index < -0.39 is 0 Å². The summed E-state index contributed by atoms with van der Waals surface area (Å²) in [6.07, 6.45) is 2.30. The van der Waals surface area contributed by atoms with Gasteiger partial charge in [0.2, 0.25) is 0 Å². The predicted octanol–water partition coefficient (Wildman–Crippen LogP) is 2.83. The predicted molar refractivity (Wildman–Crippen MR) is 84.0 cm³/mol. The molecule has 2 N–H and O–H groups in total. The molecule has 2 rings (SSSR count). The summed E-state index contributed by atoms with van der Waals surface area (Å²) in [5.74, 6) is 0. The van der Waals surface area contributed by atoms with Crippen LogP contribution in [0.2, 0.25) is 0 Å². The molecule has 3 nitrogen and oxygen atoms in total. The molecule has 0 aliphatic carbocycles. The van der Waals surface area contributed by atoms with Gasteiger partial charge in [0.05, 0.1) is 0 Å². The van der Waals surface area contributed by atoms with Crippen LogP contribution in [0.1, 0.15) is 12.8 Å². The first-order valence-electron chi connectivity index (χ1n) is 6.15. The number of halogens is 1. The lowest BCUT2D eigenvalue weighted by Gasteiger charge is -2.30. The number of anilines is 1. The van der Waals surface area contributed by atoms with E-state index in [0.717, 1.165) is 36.1 Å². The number of thiocarbonyl (C=S) groups is 1. The molecule has 0 saturated carbocycles. The first-order valence-corrected chi connectivity index (χ1v) is 7.35. The van der Waals surface area contributed by atoms with E-state index in [2.05, 4.69) is 38.5 Å². The number of hydrogen-bond donors (Lipinski definition) is 2. The molecule has 0 atom stereocenters. The first-order chi connectivity index (χ1) is 8.63. The van der Waals surface area contributed by atoms with E-state index in [4.69, 9.17) is 12.2 Å². The molecule has 5 heteroatoms. The number of nitrogens with zero attached hydrogens (tertiary/aromatic N) is 1. The summed E-state index contributed by atoms with van der Waals surface area (Å²) in [6.45, 7) is 2.27. The first kappa shape index (κ1) is 13.8. The molecule has 1 heterocycles. The molecule has 0 amide bonds. The number of nitrogens with one attached hydrogen (secondary N) is 2. The van der Waals surface area contributed by atoms with Crippen LogP contribution in [0.15, 0.2) is 28.7 Å². The van der Waals surface area contributed by atoms with E-state index in [1.54, 1.807) is 0 Å². The van der Waals surface area contributed by atoms with Crippen LogP contribution < -0.4 is 10.6 Å². The third-order valence-electron chi connectivity index (χ3n) is 3.16. The SMILES string of the molecule is CN1CCC(NC(=S)Nc2ccc(Br)cc2)CC1. The van der Waals surface area contributed by atoms with Gasteiger partial charge in [0.15, 0.2) is 5.11 Å². The highest BCUT2D eigenvalue weighted by molar-refractivity contribution is 9.10. The van der Waals surface area contributed by atoms with Gasteiger partial charge in [-0.15, -0.1) is 0 Å². The highest BCUT2D eigenvalue weighted by Crippen LogP contribution is 2.14. The molecule has 1 aliphatic heterocycles. The normalized spacial score (nSPS) is 17.4. The topological polar surface area (TPSA) is 27.3 Å². The van der Waals surface area contributed by atoms with Crippen molar-refractivity contribution in [2.75, 3.05) is 25.5 Å². The number of benzene rings is 1. The molecular weight excluding hydrogens is 310 g/mol. The second-order valence-electron chi connectivity index (χ2n) is 4.68. The van der Waals surface area contributed by atoms with Crippen molar-refractivity contribution in [2.24, 2.45) is 0 Å². The molecule has 0 spiro atoms. The summed E-state index contributed by atoms with van der Waals surface area (Å²) in [7, 11) is 2.16. The lowest BCUT2D eigenvalue weighted by Crippen LogP contribution is -2.44. The molecule has 1 fully saturated rings. The zero-order chi connectivity index (χ0) is 13.0. The zero-order valence-electron chi connectivity index (χ0n) is 10.4. The highest BCUT2D eigenvalue weighted by Gasteiger charge is 2.16. The van der Waals surface area contributed by atoms with E-state index in [1.807, 2.05) is 24.3 Å². The molecule has 98 valence electrons. The Bertz CT molecular complexity index is 399. The Balaban J connectivity index is 1.80. The third-order valence-corrected chi connectivity index (χ3v) is 3.90. The van der Waals surface area contributed by atoms with Crippen molar-refractivity contribution >= 4 is 38.9 Å². The van der Waals surface area contributed by atoms with Gasteiger partial charge in [0.25, 0.3) is 0 Å². The Kier molecular flexibility index (Phi) is 4.97. The Morgan fingerprint density at radius 1 is 1.28 bits per heavy atom. The molecule has 1 aromatic rings. The fourth-order valence-corrected chi connectivity index (χ4v) is 2.59. The average molecular weight is 328 g/mol. The van der Waals surface area contributed by atoms with Crippen LogP contribution in [0, 0.1) is 0 Å². The van der Waals surface area contributed by atoms with E-state index in [9.17, 15) is 0 Å². The van der Waals surface area contributed by atoms with Gasteiger partial charge in [-0.1, -0.05) is 15.9 Å². The van der Waals surface area contributed by atoms with Crippen molar-refractivity contribution in [3.63, 3.8) is 0 Å². The van der Waals surface area contributed by atoms with E-state index >= 15 is 0 Å². The van der Waals surface area contributed by atoms with Crippen molar-refractivity contribution in [1.29, 1.82) is 0 Å². The van der Waals surface area contributed by atoms with Gasteiger partial charge in [-0.05, 0) is 69.5 Å². The molecule has 1 aliphatic rings. The second kappa shape index (κ2) is 6.50. The maximum absolute atomic E-state index is 5.33. The van der Waals surface area contributed by atoms with Crippen LogP contribution >= 0.6 is 28.1 Å². The Morgan fingerprint density at radius 2 is 1.89 bits per heavy atom. The molecule has 1 aromatic carbocycles. The summed E-state index contributed by atoms with van der Waals surface area (Å²) in [4.78, 5) is 2.35. The zero-order valence-corrected chi connectivity index (χ0v) is 12.9. The van der Waals surface area contributed by atoms with E-state index in [0.29, 0.717) is 11.2 Å². The summed E-state index contributed by atoms with van der Waals surface area (Å²) >= 11 is 8.75. The van der Waals surface area contributed by atoms with Crippen LogP contribution in [-0.4, -0.2) is 36.2 Å². The van der Waals surface area contributed by atoms with Crippen LogP contribution in [0.4, 0.5) is 5.69 Å². The third kappa shape index (κ3) is 4.23. The van der Waals surface area contributed by atoms with E-state index in [1.165, 1.54) is 0 Å².